The molecule has 7 heteroatoms. The largest absolute Gasteiger partial charge is 0.464 e. The van der Waals surface area contributed by atoms with Gasteiger partial charge in [0.1, 0.15) is 5.58 Å². The molecule has 1 amide bonds. The zero-order valence-electron chi connectivity index (χ0n) is 12.3. The molecule has 1 unspecified atom stereocenters. The third-order valence-corrected chi connectivity index (χ3v) is 3.21. The van der Waals surface area contributed by atoms with E-state index in [-0.39, 0.29) is 25.0 Å². The fraction of sp³-hybridized carbons (Fsp3) is 0.400. The maximum Gasteiger partial charge on any atom is 0.294 e. The van der Waals surface area contributed by atoms with E-state index in [1.165, 1.54) is 0 Å². The summed E-state index contributed by atoms with van der Waals surface area (Å²) in [5.74, 6) is -0.135. The molecule has 118 valence electrons. The summed E-state index contributed by atoms with van der Waals surface area (Å²) >= 11 is 0. The van der Waals surface area contributed by atoms with E-state index in [0.29, 0.717) is 12.8 Å². The van der Waals surface area contributed by atoms with Crippen LogP contribution in [-0.4, -0.2) is 23.6 Å². The third-order valence-electron chi connectivity index (χ3n) is 3.21. The highest BCUT2D eigenvalue weighted by Gasteiger charge is 2.09. The molecule has 0 aliphatic carbocycles. The molecule has 0 aliphatic rings. The van der Waals surface area contributed by atoms with Crippen LogP contribution in [0.5, 0.6) is 0 Å². The van der Waals surface area contributed by atoms with Crippen LogP contribution in [0.3, 0.4) is 0 Å². The fourth-order valence-electron chi connectivity index (χ4n) is 2.27. The van der Waals surface area contributed by atoms with Crippen molar-refractivity contribution in [1.29, 1.82) is 0 Å². The first-order valence-electron chi connectivity index (χ1n) is 7.07. The maximum absolute atomic E-state index is 11.7. The summed E-state index contributed by atoms with van der Waals surface area (Å²) in [6.45, 7) is 1.86. The molecule has 2 aromatic rings. The molecular weight excluding hydrogens is 288 g/mol. The number of nitrogens with zero attached hydrogens (tertiary/aromatic N) is 1. The van der Waals surface area contributed by atoms with Crippen molar-refractivity contribution < 1.29 is 19.1 Å². The van der Waals surface area contributed by atoms with Crippen LogP contribution < -0.4 is 5.32 Å². The number of hydrogen-bond acceptors (Lipinski definition) is 5. The first kappa shape index (κ1) is 15.8. The number of nitrogens with one attached hydrogen (secondary N) is 1. The summed E-state index contributed by atoms with van der Waals surface area (Å²) in [7, 11) is 0. The Morgan fingerprint density at radius 1 is 1.45 bits per heavy atom. The van der Waals surface area contributed by atoms with Gasteiger partial charge in [-0.2, -0.15) is 0 Å². The second-order valence-corrected chi connectivity index (χ2v) is 5.13. The summed E-state index contributed by atoms with van der Waals surface area (Å²) < 4.78 is 5.28. The maximum atomic E-state index is 11.7. The molecular formula is C15H18N2O5. The Labute approximate surface area is 127 Å². The van der Waals surface area contributed by atoms with E-state index < -0.39 is 5.09 Å². The molecule has 2 rings (SSSR count). The summed E-state index contributed by atoms with van der Waals surface area (Å²) in [6.07, 6.45) is 2.88. The van der Waals surface area contributed by atoms with Gasteiger partial charge >= 0.3 is 0 Å². The summed E-state index contributed by atoms with van der Waals surface area (Å²) in [5.41, 5.74) is 1.95. The van der Waals surface area contributed by atoms with Crippen LogP contribution in [0, 0.1) is 10.1 Å². The number of fused-ring (bicyclic) bond motifs is 1. The average Bonchev–Trinajstić information content (AvgIpc) is 2.90. The summed E-state index contributed by atoms with van der Waals surface area (Å²) in [5, 5.41) is 13.0. The van der Waals surface area contributed by atoms with Crippen molar-refractivity contribution in [3.8, 4) is 0 Å². The summed E-state index contributed by atoms with van der Waals surface area (Å²) in [4.78, 5) is 25.8. The van der Waals surface area contributed by atoms with Gasteiger partial charge in [0.25, 0.3) is 5.09 Å². The number of carbonyl (C=O) groups excluding carboxylic acids is 1. The summed E-state index contributed by atoms with van der Waals surface area (Å²) in [6, 6.07) is 7.80. The predicted octanol–water partition coefficient (Wildman–Crippen LogP) is 2.47. The zero-order chi connectivity index (χ0) is 15.9. The van der Waals surface area contributed by atoms with Crippen molar-refractivity contribution in [2.75, 3.05) is 6.61 Å². The molecule has 1 aromatic heterocycles. The van der Waals surface area contributed by atoms with Crippen LogP contribution in [0.1, 0.15) is 25.3 Å². The Bertz CT molecular complexity index is 652. The van der Waals surface area contributed by atoms with Crippen LogP contribution >= 0.6 is 0 Å². The van der Waals surface area contributed by atoms with Gasteiger partial charge < -0.3 is 14.6 Å². The minimum atomic E-state index is -0.855. The van der Waals surface area contributed by atoms with Gasteiger partial charge in [0.05, 0.1) is 12.9 Å². The Balaban J connectivity index is 1.75. The Morgan fingerprint density at radius 3 is 3.05 bits per heavy atom. The Kier molecular flexibility index (Phi) is 5.35. The highest BCUT2D eigenvalue weighted by Crippen LogP contribution is 2.17. The molecule has 0 aliphatic heterocycles. The number of hydrogen-bond donors (Lipinski definition) is 1. The highest BCUT2D eigenvalue weighted by atomic mass is 16.9. The first-order chi connectivity index (χ1) is 10.5. The van der Waals surface area contributed by atoms with Crippen LogP contribution in [0.25, 0.3) is 11.0 Å². The molecule has 1 heterocycles. The van der Waals surface area contributed by atoms with Gasteiger partial charge in [-0.1, -0.05) is 6.07 Å². The van der Waals surface area contributed by atoms with Gasteiger partial charge in [-0.3, -0.25) is 4.79 Å². The second kappa shape index (κ2) is 7.44. The quantitative estimate of drug-likeness (QED) is 0.459. The van der Waals surface area contributed by atoms with Crippen molar-refractivity contribution in [2.24, 2.45) is 0 Å². The Morgan fingerprint density at radius 2 is 2.27 bits per heavy atom. The van der Waals surface area contributed by atoms with E-state index in [9.17, 15) is 14.9 Å². The normalized spacial score (nSPS) is 12.0. The molecule has 0 bridgehead atoms. The lowest BCUT2D eigenvalue weighted by molar-refractivity contribution is -0.757. The highest BCUT2D eigenvalue weighted by molar-refractivity contribution is 5.78. The SMILES string of the molecule is CC(Cc1ccc2occc2c1)NC(=O)CCCO[N+](=O)[O-]. The average molecular weight is 306 g/mol. The number of rotatable bonds is 8. The molecule has 0 saturated carbocycles. The van der Waals surface area contributed by atoms with E-state index in [1.807, 2.05) is 31.2 Å². The van der Waals surface area contributed by atoms with Gasteiger partial charge in [0.15, 0.2) is 0 Å². The fourth-order valence-corrected chi connectivity index (χ4v) is 2.27. The van der Waals surface area contributed by atoms with Gasteiger partial charge in [-0.15, -0.1) is 10.1 Å². The van der Waals surface area contributed by atoms with Gasteiger partial charge in [0.2, 0.25) is 5.91 Å². The lowest BCUT2D eigenvalue weighted by atomic mass is 10.1. The minimum absolute atomic E-state index is 0.0201. The van der Waals surface area contributed by atoms with Gasteiger partial charge in [0, 0.05) is 17.8 Å². The topological polar surface area (TPSA) is 94.6 Å². The van der Waals surface area contributed by atoms with Crippen molar-refractivity contribution in [3.05, 3.63) is 46.2 Å². The second-order valence-electron chi connectivity index (χ2n) is 5.13. The van der Waals surface area contributed by atoms with Crippen molar-refractivity contribution >= 4 is 16.9 Å². The lowest BCUT2D eigenvalue weighted by Crippen LogP contribution is -2.34. The smallest absolute Gasteiger partial charge is 0.294 e. The van der Waals surface area contributed by atoms with E-state index in [4.69, 9.17) is 4.42 Å². The van der Waals surface area contributed by atoms with Crippen molar-refractivity contribution in [3.63, 3.8) is 0 Å². The van der Waals surface area contributed by atoms with Crippen LogP contribution in [0.2, 0.25) is 0 Å². The molecule has 1 N–H and O–H groups in total. The van der Waals surface area contributed by atoms with E-state index >= 15 is 0 Å². The number of amides is 1. The predicted molar refractivity (Wildman–Crippen MR) is 79.7 cm³/mol. The van der Waals surface area contributed by atoms with E-state index in [1.54, 1.807) is 6.26 Å². The standard InChI is InChI=1S/C15H18N2O5/c1-11(16-15(18)3-2-7-22-17(19)20)9-12-4-5-14-13(10-12)6-8-21-14/h4-6,8,10-11H,2-3,7,9H2,1H3,(H,16,18). The first-order valence-corrected chi connectivity index (χ1v) is 7.07. The van der Waals surface area contributed by atoms with E-state index in [0.717, 1.165) is 16.5 Å². The molecule has 0 spiro atoms. The minimum Gasteiger partial charge on any atom is -0.464 e. The molecule has 7 nitrogen and oxygen atoms in total. The lowest BCUT2D eigenvalue weighted by Gasteiger charge is -2.14. The third kappa shape index (κ3) is 4.76. The van der Waals surface area contributed by atoms with Crippen LogP contribution in [0.15, 0.2) is 34.9 Å². The van der Waals surface area contributed by atoms with Crippen LogP contribution in [0.4, 0.5) is 0 Å². The number of furan rings is 1. The molecule has 1 aromatic carbocycles. The van der Waals surface area contributed by atoms with Crippen molar-refractivity contribution in [2.45, 2.75) is 32.2 Å². The molecule has 0 fully saturated rings. The van der Waals surface area contributed by atoms with Crippen LogP contribution in [-0.2, 0) is 16.1 Å². The molecule has 22 heavy (non-hydrogen) atoms. The molecule has 0 radical (unpaired) electrons. The molecule has 1 atom stereocenters. The van der Waals surface area contributed by atoms with Gasteiger partial charge in [-0.05, 0) is 43.5 Å². The van der Waals surface area contributed by atoms with Crippen molar-refractivity contribution in [1.82, 2.24) is 5.32 Å². The Hall–Kier alpha value is -2.57. The van der Waals surface area contributed by atoms with E-state index in [2.05, 4.69) is 10.2 Å². The monoisotopic (exact) mass is 306 g/mol. The zero-order valence-corrected chi connectivity index (χ0v) is 12.3. The number of benzene rings is 1. The number of carbonyl (C=O) groups is 1. The van der Waals surface area contributed by atoms with Gasteiger partial charge in [-0.25, -0.2) is 0 Å². The molecule has 0 saturated heterocycles.